The summed E-state index contributed by atoms with van der Waals surface area (Å²) in [7, 11) is 0. The molecule has 3 aromatic heterocycles. The molecule has 1 aliphatic carbocycles. The number of aromatic nitrogens is 5. The van der Waals surface area contributed by atoms with Crippen LogP contribution in [0.25, 0.3) is 5.82 Å². The van der Waals surface area contributed by atoms with Gasteiger partial charge in [-0.1, -0.05) is 18.1 Å². The summed E-state index contributed by atoms with van der Waals surface area (Å²) >= 11 is 0. The molecule has 10 nitrogen and oxygen atoms in total. The van der Waals surface area contributed by atoms with Crippen molar-refractivity contribution in [3.05, 3.63) is 48.2 Å². The quantitative estimate of drug-likeness (QED) is 0.479. The van der Waals surface area contributed by atoms with Crippen molar-refractivity contribution in [3.8, 4) is 5.82 Å². The number of amides is 1. The van der Waals surface area contributed by atoms with Gasteiger partial charge in [0.15, 0.2) is 17.5 Å². The predicted octanol–water partition coefficient (Wildman–Crippen LogP) is 1.72. The van der Waals surface area contributed by atoms with Crippen LogP contribution in [0.3, 0.4) is 0 Å². The molecule has 11 heteroatoms. The summed E-state index contributed by atoms with van der Waals surface area (Å²) in [5, 5.41) is 13.8. The minimum absolute atomic E-state index is 0.0235. The maximum absolute atomic E-state index is 14.6. The summed E-state index contributed by atoms with van der Waals surface area (Å²) in [6, 6.07) is 4.27. The molecule has 1 aliphatic rings. The van der Waals surface area contributed by atoms with Gasteiger partial charge in [0.1, 0.15) is 5.82 Å². The van der Waals surface area contributed by atoms with Crippen molar-refractivity contribution in [1.82, 2.24) is 25.0 Å². The number of carbonyl (C=O) groups is 1. The largest absolute Gasteiger partial charge is 0.365 e. The van der Waals surface area contributed by atoms with Gasteiger partial charge < -0.3 is 22.1 Å². The molecule has 0 radical (unpaired) electrons. The minimum Gasteiger partial charge on any atom is -0.365 e. The fraction of sp³-hybridized carbons (Fsp3) is 0.316. The van der Waals surface area contributed by atoms with Gasteiger partial charge in [-0.25, -0.2) is 19.0 Å². The van der Waals surface area contributed by atoms with Crippen LogP contribution in [-0.4, -0.2) is 43.0 Å². The highest BCUT2D eigenvalue weighted by molar-refractivity contribution is 5.98. The van der Waals surface area contributed by atoms with E-state index < -0.39 is 11.7 Å². The van der Waals surface area contributed by atoms with E-state index in [2.05, 4.69) is 30.9 Å². The molecule has 3 heterocycles. The van der Waals surface area contributed by atoms with Crippen LogP contribution < -0.4 is 22.1 Å². The van der Waals surface area contributed by atoms with Gasteiger partial charge in [-0.2, -0.15) is 0 Å². The molecule has 0 bridgehead atoms. The lowest BCUT2D eigenvalue weighted by atomic mass is 9.91. The Balaban J connectivity index is 1.64. The monoisotopic (exact) mass is 411 g/mol. The Hall–Kier alpha value is -3.60. The summed E-state index contributed by atoms with van der Waals surface area (Å²) in [5.74, 6) is -0.797. The molecule has 6 N–H and O–H groups in total. The van der Waals surface area contributed by atoms with Crippen LogP contribution in [0.15, 0.2) is 36.8 Å². The zero-order valence-corrected chi connectivity index (χ0v) is 16.1. The number of halogens is 1. The number of carbonyl (C=O) groups excluding carboxylic acids is 1. The fourth-order valence-corrected chi connectivity index (χ4v) is 3.48. The number of hydrogen-bond acceptors (Lipinski definition) is 8. The lowest BCUT2D eigenvalue weighted by Crippen LogP contribution is -2.43. The smallest absolute Gasteiger partial charge is 0.252 e. The number of pyridine rings is 2. The Kier molecular flexibility index (Phi) is 5.53. The topological polar surface area (TPSA) is 150 Å². The molecule has 30 heavy (non-hydrogen) atoms. The van der Waals surface area contributed by atoms with Crippen LogP contribution in [-0.2, 0) is 0 Å². The molecule has 3 aromatic rings. The van der Waals surface area contributed by atoms with E-state index in [1.807, 2.05) is 0 Å². The number of rotatable bonds is 6. The maximum Gasteiger partial charge on any atom is 0.252 e. The van der Waals surface area contributed by atoms with E-state index in [4.69, 9.17) is 11.5 Å². The molecule has 0 saturated heterocycles. The molecular formula is C19H22FN9O. The minimum atomic E-state index is -0.796. The standard InChI is InChI=1S/C19H22FN9O/c20-13-10-12(17(22)30)18(27-19(13)26-15-4-2-1-3-14(15)21)25-11-5-6-23-16(9-11)29-8-7-24-28-29/h5-10,14-15H,1-4,21H2,(H2,22,30)(H2,23,25,26,27)/t14-,15+/m1/s1. The molecule has 0 spiro atoms. The summed E-state index contributed by atoms with van der Waals surface area (Å²) in [4.78, 5) is 20.4. The highest BCUT2D eigenvalue weighted by atomic mass is 19.1. The van der Waals surface area contributed by atoms with Gasteiger partial charge in [0.05, 0.1) is 18.0 Å². The Morgan fingerprint density at radius 2 is 2.03 bits per heavy atom. The zero-order valence-electron chi connectivity index (χ0n) is 16.1. The molecule has 0 aliphatic heterocycles. The lowest BCUT2D eigenvalue weighted by Gasteiger charge is -2.30. The first-order chi connectivity index (χ1) is 14.5. The Morgan fingerprint density at radius 3 is 2.77 bits per heavy atom. The van der Waals surface area contributed by atoms with E-state index in [9.17, 15) is 9.18 Å². The van der Waals surface area contributed by atoms with Crippen LogP contribution >= 0.6 is 0 Å². The number of nitrogens with two attached hydrogens (primary N) is 2. The Labute approximate surface area is 171 Å². The second-order valence-electron chi connectivity index (χ2n) is 7.15. The second-order valence-corrected chi connectivity index (χ2v) is 7.15. The van der Waals surface area contributed by atoms with Gasteiger partial charge in [0.25, 0.3) is 5.91 Å². The average molecular weight is 411 g/mol. The summed E-state index contributed by atoms with van der Waals surface area (Å²) in [5.41, 5.74) is 12.1. The third-order valence-corrected chi connectivity index (χ3v) is 5.05. The van der Waals surface area contributed by atoms with Crippen molar-refractivity contribution in [2.24, 2.45) is 11.5 Å². The van der Waals surface area contributed by atoms with Gasteiger partial charge in [-0.3, -0.25) is 4.79 Å². The van der Waals surface area contributed by atoms with E-state index in [0.29, 0.717) is 11.5 Å². The van der Waals surface area contributed by atoms with Crippen LogP contribution in [0.4, 0.5) is 21.7 Å². The number of hydrogen-bond donors (Lipinski definition) is 4. The number of nitrogens with zero attached hydrogens (tertiary/aromatic N) is 5. The van der Waals surface area contributed by atoms with E-state index >= 15 is 0 Å². The normalized spacial score (nSPS) is 18.7. The van der Waals surface area contributed by atoms with Crippen molar-refractivity contribution in [1.29, 1.82) is 0 Å². The molecule has 2 atom stereocenters. The number of anilines is 3. The van der Waals surface area contributed by atoms with E-state index in [0.717, 1.165) is 31.7 Å². The molecule has 1 fully saturated rings. The SMILES string of the molecule is NC(=O)c1cc(F)c(N[C@H]2CCCC[C@H]2N)nc1Nc1ccnc(-n2ccnn2)c1. The highest BCUT2D eigenvalue weighted by Gasteiger charge is 2.24. The average Bonchev–Trinajstić information content (AvgIpc) is 3.27. The van der Waals surface area contributed by atoms with Gasteiger partial charge in [-0.15, -0.1) is 5.10 Å². The molecule has 0 aromatic carbocycles. The van der Waals surface area contributed by atoms with E-state index in [-0.39, 0.29) is 29.3 Å². The molecule has 1 saturated carbocycles. The van der Waals surface area contributed by atoms with Crippen LogP contribution in [0.5, 0.6) is 0 Å². The van der Waals surface area contributed by atoms with E-state index in [1.54, 1.807) is 24.5 Å². The van der Waals surface area contributed by atoms with Crippen molar-refractivity contribution in [2.75, 3.05) is 10.6 Å². The molecule has 1 amide bonds. The van der Waals surface area contributed by atoms with Crippen molar-refractivity contribution >= 4 is 23.2 Å². The first-order valence-electron chi connectivity index (χ1n) is 9.63. The fourth-order valence-electron chi connectivity index (χ4n) is 3.48. The van der Waals surface area contributed by atoms with Crippen LogP contribution in [0.1, 0.15) is 36.0 Å². The van der Waals surface area contributed by atoms with Crippen molar-refractivity contribution in [2.45, 2.75) is 37.8 Å². The summed E-state index contributed by atoms with van der Waals surface area (Å²) in [6.45, 7) is 0. The Bertz CT molecular complexity index is 1040. The van der Waals surface area contributed by atoms with Crippen LogP contribution in [0.2, 0.25) is 0 Å². The zero-order chi connectivity index (χ0) is 21.1. The van der Waals surface area contributed by atoms with E-state index in [1.165, 1.54) is 10.9 Å². The summed E-state index contributed by atoms with van der Waals surface area (Å²) < 4.78 is 16.1. The van der Waals surface area contributed by atoms with Crippen LogP contribution in [0, 0.1) is 5.82 Å². The second kappa shape index (κ2) is 8.41. The van der Waals surface area contributed by atoms with Gasteiger partial charge >= 0.3 is 0 Å². The van der Waals surface area contributed by atoms with Gasteiger partial charge in [0, 0.05) is 30.0 Å². The number of primary amides is 1. The third-order valence-electron chi connectivity index (χ3n) is 5.05. The first kappa shape index (κ1) is 19.7. The van der Waals surface area contributed by atoms with Crippen molar-refractivity contribution in [3.63, 3.8) is 0 Å². The highest BCUT2D eigenvalue weighted by Crippen LogP contribution is 2.27. The Morgan fingerprint density at radius 1 is 1.20 bits per heavy atom. The third kappa shape index (κ3) is 4.20. The lowest BCUT2D eigenvalue weighted by molar-refractivity contribution is 0.100. The number of nitrogens with one attached hydrogen (secondary N) is 2. The van der Waals surface area contributed by atoms with Gasteiger partial charge in [0.2, 0.25) is 0 Å². The molecular weight excluding hydrogens is 389 g/mol. The summed E-state index contributed by atoms with van der Waals surface area (Å²) in [6.07, 6.45) is 8.50. The van der Waals surface area contributed by atoms with Crippen molar-refractivity contribution < 1.29 is 9.18 Å². The molecule has 156 valence electrons. The molecule has 4 rings (SSSR count). The predicted molar refractivity (Wildman–Crippen MR) is 109 cm³/mol. The first-order valence-corrected chi connectivity index (χ1v) is 9.63. The van der Waals surface area contributed by atoms with Gasteiger partial charge in [-0.05, 0) is 25.0 Å². The maximum atomic E-state index is 14.6. The molecule has 0 unspecified atom stereocenters.